The second kappa shape index (κ2) is 4.73. The fourth-order valence-electron chi connectivity index (χ4n) is 2.86. The van der Waals surface area contributed by atoms with Crippen molar-refractivity contribution in [2.24, 2.45) is 5.41 Å². The van der Waals surface area contributed by atoms with Crippen LogP contribution in [0.25, 0.3) is 11.2 Å². The number of aromatic nitrogens is 4. The van der Waals surface area contributed by atoms with E-state index in [9.17, 15) is 9.90 Å². The summed E-state index contributed by atoms with van der Waals surface area (Å²) in [5.41, 5.74) is 0.524. The van der Waals surface area contributed by atoms with Crippen molar-refractivity contribution in [2.45, 2.75) is 38.6 Å². The number of carboxylic acid groups (broad SMARTS) is 1. The average molecular weight is 275 g/mol. The van der Waals surface area contributed by atoms with Crippen LogP contribution in [0.5, 0.6) is 0 Å². The van der Waals surface area contributed by atoms with Crippen LogP contribution in [0, 0.1) is 5.41 Å². The van der Waals surface area contributed by atoms with Crippen LogP contribution in [-0.2, 0) is 4.79 Å². The van der Waals surface area contributed by atoms with E-state index in [0.717, 1.165) is 19.3 Å². The quantitative estimate of drug-likeness (QED) is 0.789. The van der Waals surface area contributed by atoms with Gasteiger partial charge >= 0.3 is 5.97 Å². The van der Waals surface area contributed by atoms with E-state index in [0.29, 0.717) is 23.4 Å². The van der Waals surface area contributed by atoms with Gasteiger partial charge in [0.25, 0.3) is 0 Å². The van der Waals surface area contributed by atoms with Crippen molar-refractivity contribution < 1.29 is 9.90 Å². The number of fused-ring (bicyclic) bond motifs is 1. The van der Waals surface area contributed by atoms with Crippen LogP contribution in [0.15, 0.2) is 12.7 Å². The van der Waals surface area contributed by atoms with Gasteiger partial charge in [-0.25, -0.2) is 15.0 Å². The van der Waals surface area contributed by atoms with Gasteiger partial charge in [0.2, 0.25) is 0 Å². The summed E-state index contributed by atoms with van der Waals surface area (Å²) in [6.45, 7) is 1.80. The lowest BCUT2D eigenvalue weighted by molar-refractivity contribution is -0.150. The minimum absolute atomic E-state index is 0.143. The molecule has 106 valence electrons. The highest BCUT2D eigenvalue weighted by atomic mass is 16.4. The fourth-order valence-corrected chi connectivity index (χ4v) is 2.86. The molecule has 2 atom stereocenters. The SMILES string of the molecule is CC1(C(=O)O)CCCCC1Nc1ncnc2nc[nH]c12. The number of carbonyl (C=O) groups is 1. The molecule has 0 aliphatic heterocycles. The lowest BCUT2D eigenvalue weighted by Crippen LogP contribution is -2.46. The average Bonchev–Trinajstić information content (AvgIpc) is 2.90. The zero-order valence-electron chi connectivity index (χ0n) is 11.3. The molecule has 7 heteroatoms. The van der Waals surface area contributed by atoms with Crippen molar-refractivity contribution in [3.8, 4) is 0 Å². The number of hydrogen-bond donors (Lipinski definition) is 3. The van der Waals surface area contributed by atoms with E-state index in [1.807, 2.05) is 0 Å². The van der Waals surface area contributed by atoms with Crippen LogP contribution < -0.4 is 5.32 Å². The van der Waals surface area contributed by atoms with Crippen LogP contribution in [0.2, 0.25) is 0 Å². The highest BCUT2D eigenvalue weighted by molar-refractivity contribution is 5.83. The van der Waals surface area contributed by atoms with Gasteiger partial charge in [0, 0.05) is 6.04 Å². The zero-order valence-corrected chi connectivity index (χ0v) is 11.3. The lowest BCUT2D eigenvalue weighted by atomic mass is 9.71. The molecule has 1 saturated carbocycles. The molecular formula is C13H17N5O2. The highest BCUT2D eigenvalue weighted by Crippen LogP contribution is 2.38. The van der Waals surface area contributed by atoms with Gasteiger partial charge in [-0.05, 0) is 19.8 Å². The van der Waals surface area contributed by atoms with E-state index in [1.165, 1.54) is 6.33 Å². The molecule has 2 aromatic rings. The molecule has 2 heterocycles. The van der Waals surface area contributed by atoms with Gasteiger partial charge in [-0.1, -0.05) is 12.8 Å². The van der Waals surface area contributed by atoms with Gasteiger partial charge in [-0.3, -0.25) is 4.79 Å². The first-order valence-electron chi connectivity index (χ1n) is 6.75. The number of anilines is 1. The maximum absolute atomic E-state index is 11.6. The summed E-state index contributed by atoms with van der Waals surface area (Å²) in [6, 6.07) is -0.143. The van der Waals surface area contributed by atoms with E-state index >= 15 is 0 Å². The minimum atomic E-state index is -0.768. The number of nitrogens with one attached hydrogen (secondary N) is 2. The van der Waals surface area contributed by atoms with Gasteiger partial charge < -0.3 is 15.4 Å². The third-order valence-corrected chi connectivity index (χ3v) is 4.23. The minimum Gasteiger partial charge on any atom is -0.481 e. The summed E-state index contributed by atoms with van der Waals surface area (Å²) < 4.78 is 0. The summed E-state index contributed by atoms with van der Waals surface area (Å²) in [6.07, 6.45) is 6.47. The van der Waals surface area contributed by atoms with E-state index in [4.69, 9.17) is 0 Å². The number of H-pyrrole nitrogens is 1. The molecule has 1 aliphatic rings. The van der Waals surface area contributed by atoms with E-state index < -0.39 is 11.4 Å². The Morgan fingerprint density at radius 3 is 3.10 bits per heavy atom. The van der Waals surface area contributed by atoms with Crippen molar-refractivity contribution in [2.75, 3.05) is 5.32 Å². The summed E-state index contributed by atoms with van der Waals surface area (Å²) in [4.78, 5) is 26.9. The normalized spacial score (nSPS) is 26.6. The number of nitrogens with zero attached hydrogens (tertiary/aromatic N) is 3. The molecule has 3 N–H and O–H groups in total. The summed E-state index contributed by atoms with van der Waals surface area (Å²) >= 11 is 0. The predicted octanol–water partition coefficient (Wildman–Crippen LogP) is 1.80. The van der Waals surface area contributed by atoms with Gasteiger partial charge in [0.05, 0.1) is 11.7 Å². The molecular weight excluding hydrogens is 258 g/mol. The molecule has 2 unspecified atom stereocenters. The molecule has 1 aliphatic carbocycles. The Kier molecular flexibility index (Phi) is 3.04. The first kappa shape index (κ1) is 12.8. The smallest absolute Gasteiger partial charge is 0.311 e. The van der Waals surface area contributed by atoms with Crippen LogP contribution >= 0.6 is 0 Å². The van der Waals surface area contributed by atoms with Gasteiger partial charge in [0.1, 0.15) is 11.8 Å². The lowest BCUT2D eigenvalue weighted by Gasteiger charge is -2.38. The molecule has 0 amide bonds. The molecule has 0 bridgehead atoms. The van der Waals surface area contributed by atoms with Crippen molar-refractivity contribution in [3.63, 3.8) is 0 Å². The third kappa shape index (κ3) is 1.99. The Bertz CT molecular complexity index is 640. The molecule has 20 heavy (non-hydrogen) atoms. The first-order chi connectivity index (χ1) is 9.61. The standard InChI is InChI=1S/C13H17N5O2/c1-13(12(19)20)5-3-2-4-8(13)18-11-9-10(15-6-14-9)16-7-17-11/h6-8H,2-5H2,1H3,(H,19,20)(H2,14,15,16,17,18). The molecule has 2 aromatic heterocycles. The summed E-state index contributed by atoms with van der Waals surface area (Å²) in [5.74, 6) is -0.142. The third-order valence-electron chi connectivity index (χ3n) is 4.23. The fraction of sp³-hybridized carbons (Fsp3) is 0.538. The second-order valence-corrected chi connectivity index (χ2v) is 5.49. The topological polar surface area (TPSA) is 104 Å². The van der Waals surface area contributed by atoms with Crippen molar-refractivity contribution in [1.29, 1.82) is 0 Å². The Morgan fingerprint density at radius 2 is 2.30 bits per heavy atom. The first-order valence-corrected chi connectivity index (χ1v) is 6.75. The number of aromatic amines is 1. The zero-order chi connectivity index (χ0) is 14.2. The highest BCUT2D eigenvalue weighted by Gasteiger charge is 2.43. The van der Waals surface area contributed by atoms with Crippen LogP contribution in [0.4, 0.5) is 5.82 Å². The van der Waals surface area contributed by atoms with Crippen molar-refractivity contribution in [1.82, 2.24) is 19.9 Å². The van der Waals surface area contributed by atoms with Gasteiger partial charge in [-0.2, -0.15) is 0 Å². The monoisotopic (exact) mass is 275 g/mol. The van der Waals surface area contributed by atoms with Crippen LogP contribution in [0.3, 0.4) is 0 Å². The largest absolute Gasteiger partial charge is 0.481 e. The van der Waals surface area contributed by atoms with Gasteiger partial charge in [0.15, 0.2) is 11.5 Å². The summed E-state index contributed by atoms with van der Waals surface area (Å²) in [5, 5.41) is 12.8. The maximum atomic E-state index is 11.6. The molecule has 0 radical (unpaired) electrons. The molecule has 7 nitrogen and oxygen atoms in total. The van der Waals surface area contributed by atoms with Crippen molar-refractivity contribution in [3.05, 3.63) is 12.7 Å². The Balaban J connectivity index is 1.93. The molecule has 0 saturated heterocycles. The van der Waals surface area contributed by atoms with Crippen molar-refractivity contribution >= 4 is 23.0 Å². The molecule has 1 fully saturated rings. The van der Waals surface area contributed by atoms with Crippen LogP contribution in [0.1, 0.15) is 32.6 Å². The second-order valence-electron chi connectivity index (χ2n) is 5.49. The molecule has 0 aromatic carbocycles. The number of carboxylic acids is 1. The Morgan fingerprint density at radius 1 is 1.45 bits per heavy atom. The molecule has 0 spiro atoms. The van der Waals surface area contributed by atoms with Gasteiger partial charge in [-0.15, -0.1) is 0 Å². The van der Waals surface area contributed by atoms with E-state index in [-0.39, 0.29) is 6.04 Å². The number of aliphatic carboxylic acids is 1. The predicted molar refractivity (Wildman–Crippen MR) is 73.3 cm³/mol. The number of hydrogen-bond acceptors (Lipinski definition) is 5. The Hall–Kier alpha value is -2.18. The number of imidazole rings is 1. The maximum Gasteiger partial charge on any atom is 0.311 e. The molecule has 3 rings (SSSR count). The number of rotatable bonds is 3. The van der Waals surface area contributed by atoms with E-state index in [2.05, 4.69) is 25.3 Å². The summed E-state index contributed by atoms with van der Waals surface area (Å²) in [7, 11) is 0. The Labute approximate surface area is 115 Å². The van der Waals surface area contributed by atoms with E-state index in [1.54, 1.807) is 13.3 Å². The van der Waals surface area contributed by atoms with Crippen LogP contribution in [-0.4, -0.2) is 37.1 Å².